The Morgan fingerprint density at radius 3 is 2.36 bits per heavy atom. The number of allylic oxidation sites excluding steroid dienone is 2. The maximum atomic E-state index is 13.8. The van der Waals surface area contributed by atoms with Gasteiger partial charge in [-0.3, -0.25) is 14.8 Å². The lowest BCUT2D eigenvalue weighted by Crippen LogP contribution is -2.51. The second-order valence-corrected chi connectivity index (χ2v) is 24.8. The highest BCUT2D eigenvalue weighted by Crippen LogP contribution is 2.48. The van der Waals surface area contributed by atoms with Gasteiger partial charge >= 0.3 is 0 Å². The zero-order valence-electron chi connectivity index (χ0n) is 29.0. The number of aliphatic imine (C=N–C) groups is 1. The Balaban J connectivity index is 1.68. The third kappa shape index (κ3) is 8.03. The van der Waals surface area contributed by atoms with Gasteiger partial charge < -0.3 is 14.6 Å². The zero-order chi connectivity index (χ0) is 33.4. The number of nitrogens with zero attached hydrogens (tertiary/aromatic N) is 4. The van der Waals surface area contributed by atoms with Crippen LogP contribution in [0.5, 0.6) is 0 Å². The van der Waals surface area contributed by atoms with Crippen LogP contribution in [0.25, 0.3) is 5.57 Å². The molecule has 1 N–H and O–H groups in total. The minimum absolute atomic E-state index is 0.0224. The molecule has 1 aliphatic heterocycles. The molecule has 9 nitrogen and oxygen atoms in total. The number of rotatable bonds is 10. The summed E-state index contributed by atoms with van der Waals surface area (Å²) in [5, 5.41) is 3.12. The Labute approximate surface area is 271 Å². The van der Waals surface area contributed by atoms with Crippen LogP contribution < -0.4 is 5.32 Å². The van der Waals surface area contributed by atoms with Crippen molar-refractivity contribution in [2.45, 2.75) is 121 Å². The van der Waals surface area contributed by atoms with Crippen molar-refractivity contribution in [3.63, 3.8) is 0 Å². The SMILES string of the molecule is CN=Cc1cn(COCC[Si](C)(C)C)c(C(=O)Nc2ccc(C3CC(C)(C)S(=O)(=O)C(C)(C)C3)nc2C2=CCC(C)(C)CC2)n1. The Morgan fingerprint density at radius 2 is 1.78 bits per heavy atom. The molecule has 1 saturated heterocycles. The van der Waals surface area contributed by atoms with Crippen molar-refractivity contribution in [1.29, 1.82) is 0 Å². The van der Waals surface area contributed by atoms with Gasteiger partial charge in [0.1, 0.15) is 6.73 Å². The molecule has 0 aromatic carbocycles. The number of hydrogen-bond acceptors (Lipinski definition) is 7. The molecule has 2 aromatic rings. The molecule has 11 heteroatoms. The maximum Gasteiger partial charge on any atom is 0.291 e. The van der Waals surface area contributed by atoms with E-state index in [4.69, 9.17) is 9.72 Å². The van der Waals surface area contributed by atoms with Gasteiger partial charge in [-0.15, -0.1) is 0 Å². The van der Waals surface area contributed by atoms with Crippen LogP contribution in [0.3, 0.4) is 0 Å². The van der Waals surface area contributed by atoms with E-state index in [1.165, 1.54) is 0 Å². The molecule has 1 aliphatic carbocycles. The van der Waals surface area contributed by atoms with E-state index in [0.717, 1.165) is 42.3 Å². The smallest absolute Gasteiger partial charge is 0.291 e. The second kappa shape index (κ2) is 12.9. The summed E-state index contributed by atoms with van der Waals surface area (Å²) < 4.78 is 32.6. The van der Waals surface area contributed by atoms with Crippen LogP contribution in [0.2, 0.25) is 25.7 Å². The monoisotopic (exact) mass is 655 g/mol. The first-order valence-electron chi connectivity index (χ1n) is 16.1. The Kier molecular flexibility index (Phi) is 10.1. The largest absolute Gasteiger partial charge is 0.361 e. The van der Waals surface area contributed by atoms with Crippen LogP contribution in [-0.2, 0) is 21.3 Å². The van der Waals surface area contributed by atoms with Crippen molar-refractivity contribution < 1.29 is 17.9 Å². The summed E-state index contributed by atoms with van der Waals surface area (Å²) in [4.78, 5) is 27.6. The van der Waals surface area contributed by atoms with Gasteiger partial charge in [0.05, 0.1) is 26.6 Å². The molecule has 0 bridgehead atoms. The van der Waals surface area contributed by atoms with Gasteiger partial charge in [-0.25, -0.2) is 13.4 Å². The molecule has 0 unspecified atom stereocenters. The number of sulfone groups is 1. The molecule has 2 aliphatic rings. The van der Waals surface area contributed by atoms with Crippen LogP contribution in [0.15, 0.2) is 29.4 Å². The van der Waals surface area contributed by atoms with E-state index in [1.54, 1.807) is 24.0 Å². The Morgan fingerprint density at radius 1 is 1.11 bits per heavy atom. The Bertz CT molecular complexity index is 1560. The van der Waals surface area contributed by atoms with Crippen molar-refractivity contribution >= 4 is 41.3 Å². The highest BCUT2D eigenvalue weighted by atomic mass is 32.2. The molecule has 4 rings (SSSR count). The molecule has 248 valence electrons. The number of ether oxygens (including phenoxy) is 1. The molecular formula is C34H53N5O4SSi. The molecule has 0 spiro atoms. The van der Waals surface area contributed by atoms with E-state index >= 15 is 0 Å². The van der Waals surface area contributed by atoms with E-state index in [-0.39, 0.29) is 29.8 Å². The highest BCUT2D eigenvalue weighted by molar-refractivity contribution is 7.94. The molecule has 0 atom stereocenters. The molecule has 1 amide bonds. The van der Waals surface area contributed by atoms with Crippen molar-refractivity contribution in [3.8, 4) is 0 Å². The summed E-state index contributed by atoms with van der Waals surface area (Å²) in [5.41, 5.74) is 4.12. The number of anilines is 1. The van der Waals surface area contributed by atoms with Crippen LogP contribution in [0.1, 0.15) is 107 Å². The summed E-state index contributed by atoms with van der Waals surface area (Å²) in [6.45, 7) is 19.6. The standard InChI is InChI=1S/C34H53N5O4SSi/c1-32(2)15-13-24(14-16-32)29-28(12-11-27(37-29)25-19-33(3,4)44(41,42)34(5,6)20-25)38-31(40)30-36-26(21-35-7)22-39(30)23-43-17-18-45(8,9)10/h11-13,21-22,25H,14-20,23H2,1-10H3,(H,38,40). The number of imidazole rings is 1. The van der Waals surface area contributed by atoms with Gasteiger partial charge in [0.2, 0.25) is 5.82 Å². The molecule has 3 heterocycles. The van der Waals surface area contributed by atoms with E-state index in [0.29, 0.717) is 30.8 Å². The van der Waals surface area contributed by atoms with Gasteiger partial charge in [0.25, 0.3) is 5.91 Å². The minimum Gasteiger partial charge on any atom is -0.361 e. The van der Waals surface area contributed by atoms with E-state index in [1.807, 2.05) is 39.8 Å². The zero-order valence-corrected chi connectivity index (χ0v) is 30.8. The number of amides is 1. The average Bonchev–Trinajstić information content (AvgIpc) is 3.32. The van der Waals surface area contributed by atoms with Crippen molar-refractivity contribution in [2.24, 2.45) is 10.4 Å². The quantitative estimate of drug-likeness (QED) is 0.163. The lowest BCUT2D eigenvalue weighted by atomic mass is 9.77. The van der Waals surface area contributed by atoms with Gasteiger partial charge in [0, 0.05) is 45.8 Å². The number of aromatic nitrogens is 3. The predicted octanol–water partition coefficient (Wildman–Crippen LogP) is 7.33. The maximum absolute atomic E-state index is 13.8. The third-order valence-electron chi connectivity index (χ3n) is 9.28. The summed E-state index contributed by atoms with van der Waals surface area (Å²) >= 11 is 0. The van der Waals surface area contributed by atoms with Crippen LogP contribution in [-0.4, -0.2) is 66.3 Å². The minimum atomic E-state index is -3.32. The number of carbonyl (C=O) groups excluding carboxylic acids is 1. The fraction of sp³-hybridized carbons (Fsp3) is 0.647. The van der Waals surface area contributed by atoms with Gasteiger partial charge in [-0.1, -0.05) is 39.6 Å². The Hall–Kier alpha value is -2.63. The number of hydrogen-bond donors (Lipinski definition) is 1. The average molecular weight is 656 g/mol. The van der Waals surface area contributed by atoms with Crippen LogP contribution >= 0.6 is 0 Å². The van der Waals surface area contributed by atoms with E-state index in [9.17, 15) is 13.2 Å². The molecule has 45 heavy (non-hydrogen) atoms. The van der Waals surface area contributed by atoms with Gasteiger partial charge in [0.15, 0.2) is 9.84 Å². The first-order chi connectivity index (χ1) is 20.8. The molecule has 1 fully saturated rings. The highest BCUT2D eigenvalue weighted by Gasteiger charge is 2.52. The number of carbonyl (C=O) groups is 1. The van der Waals surface area contributed by atoms with Crippen LogP contribution in [0.4, 0.5) is 5.69 Å². The fourth-order valence-corrected chi connectivity index (χ4v) is 9.50. The van der Waals surface area contributed by atoms with Crippen molar-refractivity contribution in [1.82, 2.24) is 14.5 Å². The lowest BCUT2D eigenvalue weighted by molar-refractivity contribution is 0.0808. The van der Waals surface area contributed by atoms with Crippen LogP contribution in [0, 0.1) is 5.41 Å². The summed E-state index contributed by atoms with van der Waals surface area (Å²) in [5.74, 6) is -0.128. The topological polar surface area (TPSA) is 116 Å². The summed E-state index contributed by atoms with van der Waals surface area (Å²) in [7, 11) is -2.91. The molecule has 0 saturated carbocycles. The first-order valence-corrected chi connectivity index (χ1v) is 21.3. The van der Waals surface area contributed by atoms with E-state index in [2.05, 4.69) is 54.9 Å². The number of pyridine rings is 1. The molecular weight excluding hydrogens is 603 g/mol. The van der Waals surface area contributed by atoms with Gasteiger partial charge in [-0.05, 0) is 89.0 Å². The second-order valence-electron chi connectivity index (χ2n) is 16.0. The van der Waals surface area contributed by atoms with Gasteiger partial charge in [-0.2, -0.15) is 0 Å². The number of nitrogens with one attached hydrogen (secondary N) is 1. The first kappa shape index (κ1) is 35.2. The van der Waals surface area contributed by atoms with E-state index < -0.39 is 27.4 Å². The van der Waals surface area contributed by atoms with Crippen molar-refractivity contribution in [2.75, 3.05) is 19.0 Å². The summed E-state index contributed by atoms with van der Waals surface area (Å²) in [6, 6.07) is 4.90. The lowest BCUT2D eigenvalue weighted by Gasteiger charge is -2.44. The van der Waals surface area contributed by atoms with Crippen molar-refractivity contribution in [3.05, 3.63) is 47.3 Å². The molecule has 0 radical (unpaired) electrons. The predicted molar refractivity (Wildman–Crippen MR) is 187 cm³/mol. The third-order valence-corrected chi connectivity index (χ3v) is 14.2. The fourth-order valence-electron chi connectivity index (χ4n) is 6.40. The summed E-state index contributed by atoms with van der Waals surface area (Å²) in [6.07, 6.45) is 9.43. The normalized spacial score (nSPS) is 21.1. The molecule has 2 aromatic heterocycles.